The number of halogens is 2. The summed E-state index contributed by atoms with van der Waals surface area (Å²) in [5.74, 6) is 0.0699. The molecule has 1 aromatic rings. The first-order valence-electron chi connectivity index (χ1n) is 6.96. The Bertz CT molecular complexity index is 459. The van der Waals surface area contributed by atoms with Gasteiger partial charge in [0, 0.05) is 29.2 Å². The first-order chi connectivity index (χ1) is 9.63. The largest absolute Gasteiger partial charge is 0.396 e. The molecule has 110 valence electrons. The zero-order valence-electron chi connectivity index (χ0n) is 11.3. The minimum atomic E-state index is 0.0699. The smallest absolute Gasteiger partial charge is 0.227 e. The Hall–Kier alpha value is -0.770. The van der Waals surface area contributed by atoms with E-state index in [4.69, 9.17) is 28.3 Å². The molecule has 1 heterocycles. The second-order valence-corrected chi connectivity index (χ2v) is 5.94. The van der Waals surface area contributed by atoms with Crippen LogP contribution in [0.2, 0.25) is 10.0 Å². The summed E-state index contributed by atoms with van der Waals surface area (Å²) < 4.78 is 0. The van der Waals surface area contributed by atoms with Gasteiger partial charge in [0.25, 0.3) is 0 Å². The molecule has 1 atom stereocenters. The van der Waals surface area contributed by atoms with Gasteiger partial charge in [0.05, 0.1) is 6.42 Å². The van der Waals surface area contributed by atoms with Crippen LogP contribution in [0.15, 0.2) is 18.2 Å². The van der Waals surface area contributed by atoms with Crippen molar-refractivity contribution < 1.29 is 9.90 Å². The van der Waals surface area contributed by atoms with Crippen LogP contribution < -0.4 is 0 Å². The standard InChI is InChI=1S/C15H19Cl2NO2/c16-13-6-1-7-14(17)12(13)10-15(20)18-8-2-4-11(18)5-3-9-19/h1,6-7,11,19H,2-5,8-10H2. The lowest BCUT2D eigenvalue weighted by molar-refractivity contribution is -0.131. The third kappa shape index (κ3) is 3.66. The Balaban J connectivity index is 2.04. The van der Waals surface area contributed by atoms with Crippen molar-refractivity contribution in [3.8, 4) is 0 Å². The maximum absolute atomic E-state index is 12.4. The number of aliphatic hydroxyl groups is 1. The number of hydrogen-bond acceptors (Lipinski definition) is 2. The van der Waals surface area contributed by atoms with Crippen LogP contribution in [0.4, 0.5) is 0 Å². The van der Waals surface area contributed by atoms with E-state index >= 15 is 0 Å². The zero-order chi connectivity index (χ0) is 14.5. The number of carbonyl (C=O) groups is 1. The lowest BCUT2D eigenvalue weighted by Crippen LogP contribution is -2.36. The highest BCUT2D eigenvalue weighted by Crippen LogP contribution is 2.27. The van der Waals surface area contributed by atoms with Gasteiger partial charge in [0.2, 0.25) is 5.91 Å². The molecule has 5 heteroatoms. The van der Waals surface area contributed by atoms with Crippen molar-refractivity contribution in [2.45, 2.75) is 38.1 Å². The van der Waals surface area contributed by atoms with Crippen LogP contribution in [-0.2, 0) is 11.2 Å². The van der Waals surface area contributed by atoms with Crippen molar-refractivity contribution in [3.63, 3.8) is 0 Å². The summed E-state index contributed by atoms with van der Waals surface area (Å²) in [5, 5.41) is 10.00. The summed E-state index contributed by atoms with van der Waals surface area (Å²) in [4.78, 5) is 14.4. The van der Waals surface area contributed by atoms with Crippen LogP contribution in [-0.4, -0.2) is 35.1 Å². The third-order valence-corrected chi connectivity index (χ3v) is 4.49. The molecule has 2 rings (SSSR count). The average Bonchev–Trinajstić information content (AvgIpc) is 2.89. The van der Waals surface area contributed by atoms with Gasteiger partial charge in [-0.1, -0.05) is 29.3 Å². The topological polar surface area (TPSA) is 40.5 Å². The van der Waals surface area contributed by atoms with Gasteiger partial charge in [0.1, 0.15) is 0 Å². The number of rotatable bonds is 5. The molecule has 0 aromatic heterocycles. The molecule has 1 aliphatic rings. The van der Waals surface area contributed by atoms with Crippen molar-refractivity contribution in [3.05, 3.63) is 33.8 Å². The number of nitrogens with zero attached hydrogens (tertiary/aromatic N) is 1. The van der Waals surface area contributed by atoms with Crippen molar-refractivity contribution in [2.24, 2.45) is 0 Å². The highest BCUT2D eigenvalue weighted by molar-refractivity contribution is 6.36. The molecule has 0 saturated carbocycles. The molecule has 1 N–H and O–H groups in total. The average molecular weight is 316 g/mol. The first-order valence-corrected chi connectivity index (χ1v) is 7.72. The third-order valence-electron chi connectivity index (χ3n) is 3.78. The van der Waals surface area contributed by atoms with Crippen LogP contribution in [0.1, 0.15) is 31.2 Å². The van der Waals surface area contributed by atoms with E-state index in [9.17, 15) is 4.79 Å². The molecule has 0 radical (unpaired) electrons. The molecule has 1 amide bonds. The summed E-state index contributed by atoms with van der Waals surface area (Å²) in [5.41, 5.74) is 0.702. The van der Waals surface area contributed by atoms with Crippen molar-refractivity contribution in [1.29, 1.82) is 0 Å². The number of likely N-dealkylation sites (tertiary alicyclic amines) is 1. The van der Waals surface area contributed by atoms with Gasteiger partial charge in [-0.15, -0.1) is 0 Å². The fourth-order valence-corrected chi connectivity index (χ4v) is 3.28. The second-order valence-electron chi connectivity index (χ2n) is 5.13. The first kappa shape index (κ1) is 15.6. The Morgan fingerprint density at radius 1 is 1.35 bits per heavy atom. The molecule has 1 aliphatic heterocycles. The molecular weight excluding hydrogens is 297 g/mol. The predicted molar refractivity (Wildman–Crippen MR) is 81.2 cm³/mol. The minimum Gasteiger partial charge on any atom is -0.396 e. The fraction of sp³-hybridized carbons (Fsp3) is 0.533. The molecule has 0 spiro atoms. The Kier molecular flexibility index (Phi) is 5.70. The molecule has 1 fully saturated rings. The maximum Gasteiger partial charge on any atom is 0.227 e. The van der Waals surface area contributed by atoms with Crippen LogP contribution in [0.3, 0.4) is 0 Å². The fourth-order valence-electron chi connectivity index (χ4n) is 2.75. The lowest BCUT2D eigenvalue weighted by Gasteiger charge is -2.25. The maximum atomic E-state index is 12.4. The molecule has 20 heavy (non-hydrogen) atoms. The molecule has 0 bridgehead atoms. The van der Waals surface area contributed by atoms with E-state index in [1.807, 2.05) is 4.90 Å². The zero-order valence-corrected chi connectivity index (χ0v) is 12.8. The van der Waals surface area contributed by atoms with E-state index in [1.54, 1.807) is 18.2 Å². The summed E-state index contributed by atoms with van der Waals surface area (Å²) >= 11 is 12.2. The summed E-state index contributed by atoms with van der Waals surface area (Å²) in [7, 11) is 0. The molecule has 3 nitrogen and oxygen atoms in total. The Morgan fingerprint density at radius 2 is 2.05 bits per heavy atom. The van der Waals surface area contributed by atoms with Crippen LogP contribution in [0, 0.1) is 0 Å². The van der Waals surface area contributed by atoms with E-state index < -0.39 is 0 Å². The number of carbonyl (C=O) groups excluding carboxylic acids is 1. The molecular formula is C15H19Cl2NO2. The van der Waals surface area contributed by atoms with Gasteiger partial charge >= 0.3 is 0 Å². The molecule has 1 aromatic carbocycles. The van der Waals surface area contributed by atoms with Crippen LogP contribution in [0.25, 0.3) is 0 Å². The SMILES string of the molecule is O=C(Cc1c(Cl)cccc1Cl)N1CCCC1CCCO. The molecule has 1 saturated heterocycles. The van der Waals surface area contributed by atoms with Crippen molar-refractivity contribution >= 4 is 29.1 Å². The quantitative estimate of drug-likeness (QED) is 0.905. The van der Waals surface area contributed by atoms with Gasteiger partial charge in [0.15, 0.2) is 0 Å². The van der Waals surface area contributed by atoms with Crippen molar-refractivity contribution in [1.82, 2.24) is 4.90 Å². The van der Waals surface area contributed by atoms with E-state index in [2.05, 4.69) is 0 Å². The normalized spacial score (nSPS) is 18.6. The van der Waals surface area contributed by atoms with Crippen LogP contribution in [0.5, 0.6) is 0 Å². The minimum absolute atomic E-state index is 0.0699. The number of aliphatic hydroxyl groups excluding tert-OH is 1. The lowest BCUT2D eigenvalue weighted by atomic mass is 10.1. The summed E-state index contributed by atoms with van der Waals surface area (Å²) in [6.07, 6.45) is 3.88. The van der Waals surface area contributed by atoms with E-state index in [0.717, 1.165) is 32.2 Å². The van der Waals surface area contributed by atoms with Gasteiger partial charge in [-0.2, -0.15) is 0 Å². The van der Waals surface area contributed by atoms with Gasteiger partial charge < -0.3 is 10.0 Å². The monoisotopic (exact) mass is 315 g/mol. The van der Waals surface area contributed by atoms with Gasteiger partial charge in [-0.3, -0.25) is 4.79 Å². The van der Waals surface area contributed by atoms with Crippen LogP contribution >= 0.6 is 23.2 Å². The Morgan fingerprint density at radius 3 is 2.70 bits per heavy atom. The number of benzene rings is 1. The van der Waals surface area contributed by atoms with Crippen molar-refractivity contribution in [2.75, 3.05) is 13.2 Å². The molecule has 0 aliphatic carbocycles. The molecule has 1 unspecified atom stereocenters. The van der Waals surface area contributed by atoms with Gasteiger partial charge in [-0.25, -0.2) is 0 Å². The highest BCUT2D eigenvalue weighted by atomic mass is 35.5. The van der Waals surface area contributed by atoms with E-state index in [-0.39, 0.29) is 25.0 Å². The predicted octanol–water partition coefficient (Wildman–Crippen LogP) is 3.30. The number of amides is 1. The summed E-state index contributed by atoms with van der Waals surface area (Å²) in [6.45, 7) is 0.964. The van der Waals surface area contributed by atoms with Gasteiger partial charge in [-0.05, 0) is 43.4 Å². The highest BCUT2D eigenvalue weighted by Gasteiger charge is 2.28. The number of hydrogen-bond donors (Lipinski definition) is 1. The second kappa shape index (κ2) is 7.30. The Labute approximate surface area is 129 Å². The van der Waals surface area contributed by atoms with E-state index in [0.29, 0.717) is 15.6 Å². The summed E-state index contributed by atoms with van der Waals surface area (Å²) in [6, 6.07) is 5.53. The van der Waals surface area contributed by atoms with E-state index in [1.165, 1.54) is 0 Å².